The van der Waals surface area contributed by atoms with Crippen molar-refractivity contribution in [3.05, 3.63) is 23.8 Å². The Bertz CT molecular complexity index is 379. The van der Waals surface area contributed by atoms with E-state index in [1.807, 2.05) is 0 Å². The van der Waals surface area contributed by atoms with Crippen LogP contribution in [0, 0.1) is 0 Å². The molecule has 0 aliphatic carbocycles. The average molecular weight is 224 g/mol. The van der Waals surface area contributed by atoms with Crippen LogP contribution in [-0.4, -0.2) is 43.2 Å². The Hall–Kier alpha value is -1.75. The first-order valence-electron chi connectivity index (χ1n) is 4.93. The molecule has 0 unspecified atom stereocenters. The monoisotopic (exact) mass is 224 g/mol. The lowest BCUT2D eigenvalue weighted by atomic mass is 10.1. The summed E-state index contributed by atoms with van der Waals surface area (Å²) in [7, 11) is 3.07. The second kappa shape index (κ2) is 5.37. The van der Waals surface area contributed by atoms with Gasteiger partial charge in [-0.05, 0) is 12.1 Å². The lowest BCUT2D eigenvalue weighted by molar-refractivity contribution is 0.0795. The molecule has 0 saturated carbocycles. The summed E-state index contributed by atoms with van der Waals surface area (Å²) >= 11 is 0. The van der Waals surface area contributed by atoms with Gasteiger partial charge in [0.05, 0.1) is 12.7 Å². The second-order valence-electron chi connectivity index (χ2n) is 3.37. The van der Waals surface area contributed by atoms with Crippen LogP contribution in [-0.2, 0) is 0 Å². The van der Waals surface area contributed by atoms with Gasteiger partial charge in [0.1, 0.15) is 0 Å². The molecule has 5 heteroatoms. The van der Waals surface area contributed by atoms with E-state index in [1.165, 1.54) is 12.0 Å². The molecule has 1 aromatic rings. The average Bonchev–Trinajstić information content (AvgIpc) is 2.29. The third-order valence-electron chi connectivity index (χ3n) is 2.26. The number of carbonyl (C=O) groups excluding carboxylic acids is 1. The van der Waals surface area contributed by atoms with E-state index in [0.717, 1.165) is 0 Å². The van der Waals surface area contributed by atoms with Gasteiger partial charge in [0, 0.05) is 20.1 Å². The van der Waals surface area contributed by atoms with E-state index in [2.05, 4.69) is 0 Å². The molecular weight excluding hydrogens is 208 g/mol. The minimum absolute atomic E-state index is 0.140. The van der Waals surface area contributed by atoms with Crippen LogP contribution in [0.15, 0.2) is 18.2 Å². The molecule has 1 aromatic carbocycles. The van der Waals surface area contributed by atoms with Gasteiger partial charge in [-0.3, -0.25) is 4.79 Å². The molecule has 3 N–H and O–H groups in total. The molecule has 0 atom stereocenters. The largest absolute Gasteiger partial charge is 0.504 e. The lowest BCUT2D eigenvalue weighted by Gasteiger charge is -2.17. The Labute approximate surface area is 94.4 Å². The molecule has 0 spiro atoms. The topological polar surface area (TPSA) is 75.8 Å². The molecule has 5 nitrogen and oxygen atoms in total. The van der Waals surface area contributed by atoms with E-state index in [0.29, 0.717) is 13.1 Å². The molecule has 16 heavy (non-hydrogen) atoms. The predicted octanol–water partition coefficient (Wildman–Crippen LogP) is 0.432. The van der Waals surface area contributed by atoms with Crippen molar-refractivity contribution in [2.45, 2.75) is 0 Å². The summed E-state index contributed by atoms with van der Waals surface area (Å²) in [5, 5.41) is 9.77. The summed E-state index contributed by atoms with van der Waals surface area (Å²) in [6.45, 7) is 0.822. The van der Waals surface area contributed by atoms with Crippen molar-refractivity contribution < 1.29 is 14.6 Å². The lowest BCUT2D eigenvalue weighted by Crippen LogP contribution is -2.31. The fourth-order valence-electron chi connectivity index (χ4n) is 1.36. The molecule has 1 amide bonds. The first kappa shape index (κ1) is 12.3. The number of phenols is 1. The molecule has 0 aliphatic rings. The number of hydrogen-bond donors (Lipinski definition) is 2. The Balaban J connectivity index is 2.99. The van der Waals surface area contributed by atoms with Gasteiger partial charge < -0.3 is 20.5 Å². The van der Waals surface area contributed by atoms with Crippen molar-refractivity contribution >= 4 is 5.91 Å². The number of nitrogens with zero attached hydrogens (tertiary/aromatic N) is 1. The van der Waals surface area contributed by atoms with Gasteiger partial charge in [0.15, 0.2) is 11.5 Å². The number of phenolic OH excluding ortho intramolecular Hbond substituents is 1. The van der Waals surface area contributed by atoms with Crippen molar-refractivity contribution in [2.75, 3.05) is 27.2 Å². The number of ether oxygens (including phenoxy) is 1. The first-order chi connectivity index (χ1) is 7.61. The van der Waals surface area contributed by atoms with E-state index in [4.69, 9.17) is 10.5 Å². The summed E-state index contributed by atoms with van der Waals surface area (Å²) in [6.07, 6.45) is 0. The van der Waals surface area contributed by atoms with Gasteiger partial charge in [-0.1, -0.05) is 6.07 Å². The number of para-hydroxylation sites is 1. The van der Waals surface area contributed by atoms with E-state index in [9.17, 15) is 9.90 Å². The molecule has 0 aromatic heterocycles. The number of hydrogen-bond acceptors (Lipinski definition) is 4. The minimum atomic E-state index is -0.276. The molecule has 0 saturated heterocycles. The van der Waals surface area contributed by atoms with Crippen molar-refractivity contribution in [1.82, 2.24) is 4.90 Å². The predicted molar refractivity (Wildman–Crippen MR) is 60.7 cm³/mol. The Morgan fingerprint density at radius 2 is 2.25 bits per heavy atom. The summed E-state index contributed by atoms with van der Waals surface area (Å²) in [5.74, 6) is -0.132. The highest BCUT2D eigenvalue weighted by Crippen LogP contribution is 2.29. The van der Waals surface area contributed by atoms with Crippen LogP contribution in [0.5, 0.6) is 11.5 Å². The zero-order valence-corrected chi connectivity index (χ0v) is 9.43. The zero-order chi connectivity index (χ0) is 12.1. The SMILES string of the molecule is COc1cccc(C(=O)N(C)CCN)c1O. The van der Waals surface area contributed by atoms with Crippen LogP contribution in [0.2, 0.25) is 0 Å². The third kappa shape index (κ3) is 2.43. The fraction of sp³-hybridized carbons (Fsp3) is 0.364. The number of rotatable bonds is 4. The smallest absolute Gasteiger partial charge is 0.257 e. The van der Waals surface area contributed by atoms with E-state index in [-0.39, 0.29) is 23.0 Å². The van der Waals surface area contributed by atoms with Gasteiger partial charge in [-0.15, -0.1) is 0 Å². The maximum Gasteiger partial charge on any atom is 0.257 e. The number of likely N-dealkylation sites (N-methyl/N-ethyl adjacent to an activating group) is 1. The second-order valence-corrected chi connectivity index (χ2v) is 3.37. The Morgan fingerprint density at radius 1 is 1.56 bits per heavy atom. The third-order valence-corrected chi connectivity index (χ3v) is 2.26. The molecule has 0 aliphatic heterocycles. The van der Waals surface area contributed by atoms with Gasteiger partial charge >= 0.3 is 0 Å². The van der Waals surface area contributed by atoms with Gasteiger partial charge in [0.2, 0.25) is 0 Å². The quantitative estimate of drug-likeness (QED) is 0.777. The maximum absolute atomic E-state index is 11.9. The van der Waals surface area contributed by atoms with Crippen molar-refractivity contribution in [2.24, 2.45) is 5.73 Å². The molecule has 0 bridgehead atoms. The molecular formula is C11H16N2O3. The molecule has 1 rings (SSSR count). The van der Waals surface area contributed by atoms with Crippen LogP contribution in [0.25, 0.3) is 0 Å². The molecule has 0 radical (unpaired) electrons. The Morgan fingerprint density at radius 3 is 2.81 bits per heavy atom. The van der Waals surface area contributed by atoms with Crippen LogP contribution in [0.3, 0.4) is 0 Å². The number of amides is 1. The number of nitrogens with two attached hydrogens (primary N) is 1. The minimum Gasteiger partial charge on any atom is -0.504 e. The van der Waals surface area contributed by atoms with Crippen molar-refractivity contribution in [3.63, 3.8) is 0 Å². The standard InChI is InChI=1S/C11H16N2O3/c1-13(7-6-12)11(15)8-4-3-5-9(16-2)10(8)14/h3-5,14H,6-7,12H2,1-2H3. The summed E-state index contributed by atoms with van der Waals surface area (Å²) < 4.78 is 4.93. The highest BCUT2D eigenvalue weighted by atomic mass is 16.5. The highest BCUT2D eigenvalue weighted by molar-refractivity contribution is 5.97. The normalized spacial score (nSPS) is 9.94. The highest BCUT2D eigenvalue weighted by Gasteiger charge is 2.17. The molecule has 0 heterocycles. The van der Waals surface area contributed by atoms with Gasteiger partial charge in [0.25, 0.3) is 5.91 Å². The van der Waals surface area contributed by atoms with E-state index in [1.54, 1.807) is 25.2 Å². The number of methoxy groups -OCH3 is 1. The molecule has 88 valence electrons. The first-order valence-corrected chi connectivity index (χ1v) is 4.93. The van der Waals surface area contributed by atoms with Crippen LogP contribution in [0.4, 0.5) is 0 Å². The maximum atomic E-state index is 11.9. The number of aromatic hydroxyl groups is 1. The van der Waals surface area contributed by atoms with Crippen LogP contribution >= 0.6 is 0 Å². The van der Waals surface area contributed by atoms with E-state index < -0.39 is 0 Å². The van der Waals surface area contributed by atoms with Gasteiger partial charge in [-0.2, -0.15) is 0 Å². The van der Waals surface area contributed by atoms with Crippen molar-refractivity contribution in [3.8, 4) is 11.5 Å². The number of carbonyl (C=O) groups is 1. The summed E-state index contributed by atoms with van der Waals surface area (Å²) in [6, 6.07) is 4.80. The zero-order valence-electron chi connectivity index (χ0n) is 9.43. The number of benzene rings is 1. The summed E-state index contributed by atoms with van der Waals surface area (Å²) in [5.41, 5.74) is 5.58. The van der Waals surface area contributed by atoms with Gasteiger partial charge in [-0.25, -0.2) is 0 Å². The summed E-state index contributed by atoms with van der Waals surface area (Å²) in [4.78, 5) is 13.3. The molecule has 0 fully saturated rings. The van der Waals surface area contributed by atoms with Crippen LogP contribution < -0.4 is 10.5 Å². The fourth-order valence-corrected chi connectivity index (χ4v) is 1.36. The van der Waals surface area contributed by atoms with E-state index >= 15 is 0 Å². The van der Waals surface area contributed by atoms with Crippen molar-refractivity contribution in [1.29, 1.82) is 0 Å². The van der Waals surface area contributed by atoms with Crippen LogP contribution in [0.1, 0.15) is 10.4 Å². The Kier molecular flexibility index (Phi) is 4.13.